The molecule has 0 amide bonds. The third-order valence-electron chi connectivity index (χ3n) is 2.51. The Balaban J connectivity index is 2.65. The maximum Gasteiger partial charge on any atom is 0.127 e. The Labute approximate surface area is 95.8 Å². The Bertz CT molecular complexity index is 335. The van der Waals surface area contributed by atoms with Gasteiger partial charge in [0.1, 0.15) is 5.82 Å². The topological polar surface area (TPSA) is 0 Å². The van der Waals surface area contributed by atoms with Gasteiger partial charge in [-0.3, -0.25) is 0 Å². The van der Waals surface area contributed by atoms with Gasteiger partial charge in [0.25, 0.3) is 0 Å². The molecule has 2 heteroatoms. The highest BCUT2D eigenvalue weighted by molar-refractivity contribution is 6.31. The van der Waals surface area contributed by atoms with Crippen LogP contribution < -0.4 is 0 Å². The molecule has 0 radical (unpaired) electrons. The molecule has 0 aliphatic rings. The van der Waals surface area contributed by atoms with Crippen LogP contribution in [-0.4, -0.2) is 0 Å². The van der Waals surface area contributed by atoms with Crippen molar-refractivity contribution in [1.29, 1.82) is 0 Å². The Morgan fingerprint density at radius 2 is 2.20 bits per heavy atom. The molecule has 15 heavy (non-hydrogen) atoms. The van der Waals surface area contributed by atoms with Gasteiger partial charge in [0, 0.05) is 10.6 Å². The molecule has 0 fully saturated rings. The maximum atomic E-state index is 13.4. The first-order valence-electron chi connectivity index (χ1n) is 5.23. The van der Waals surface area contributed by atoms with Crippen LogP contribution in [-0.2, 0) is 6.42 Å². The van der Waals surface area contributed by atoms with E-state index in [0.29, 0.717) is 17.0 Å². The molecule has 0 nitrogen and oxygen atoms in total. The minimum Gasteiger partial charge on any atom is -0.207 e. The number of benzene rings is 1. The fourth-order valence-corrected chi connectivity index (χ4v) is 1.64. The highest BCUT2D eigenvalue weighted by atomic mass is 35.5. The fraction of sp³-hybridized carbons (Fsp3) is 0.385. The predicted molar refractivity (Wildman–Crippen MR) is 63.8 cm³/mol. The third-order valence-corrected chi connectivity index (χ3v) is 2.86. The largest absolute Gasteiger partial charge is 0.207 e. The second kappa shape index (κ2) is 5.92. The minimum atomic E-state index is -0.204. The van der Waals surface area contributed by atoms with Crippen molar-refractivity contribution in [3.8, 4) is 0 Å². The van der Waals surface area contributed by atoms with E-state index in [9.17, 15) is 4.39 Å². The second-order valence-corrected chi connectivity index (χ2v) is 4.05. The average molecular weight is 227 g/mol. The van der Waals surface area contributed by atoms with Crippen LogP contribution in [0.4, 0.5) is 4.39 Å². The molecule has 0 aliphatic carbocycles. The summed E-state index contributed by atoms with van der Waals surface area (Å²) in [6.07, 6.45) is 4.71. The molecule has 0 spiro atoms. The van der Waals surface area contributed by atoms with Crippen molar-refractivity contribution in [2.75, 3.05) is 0 Å². The molecular formula is C13H16ClF. The number of halogens is 2. The zero-order chi connectivity index (χ0) is 11.3. The van der Waals surface area contributed by atoms with Crippen LogP contribution in [0.3, 0.4) is 0 Å². The average Bonchev–Trinajstić information content (AvgIpc) is 2.22. The zero-order valence-electron chi connectivity index (χ0n) is 9.19. The van der Waals surface area contributed by atoms with Crippen LogP contribution in [0.5, 0.6) is 0 Å². The van der Waals surface area contributed by atoms with Crippen molar-refractivity contribution in [2.24, 2.45) is 0 Å². The lowest BCUT2D eigenvalue weighted by molar-refractivity contribution is 0.609. The van der Waals surface area contributed by atoms with Crippen molar-refractivity contribution in [1.82, 2.24) is 0 Å². The van der Waals surface area contributed by atoms with Crippen molar-refractivity contribution in [3.63, 3.8) is 0 Å². The van der Waals surface area contributed by atoms with E-state index in [1.807, 2.05) is 0 Å². The molecule has 1 rings (SSSR count). The van der Waals surface area contributed by atoms with Gasteiger partial charge in [-0.25, -0.2) is 4.39 Å². The summed E-state index contributed by atoms with van der Waals surface area (Å²) < 4.78 is 13.4. The summed E-state index contributed by atoms with van der Waals surface area (Å²) in [5, 5.41) is 0.526. The van der Waals surface area contributed by atoms with Crippen molar-refractivity contribution in [3.05, 3.63) is 46.3 Å². The molecule has 1 aromatic carbocycles. The van der Waals surface area contributed by atoms with Crippen molar-refractivity contribution < 1.29 is 4.39 Å². The molecule has 0 aliphatic heterocycles. The third kappa shape index (κ3) is 3.67. The first-order valence-corrected chi connectivity index (χ1v) is 5.61. The van der Waals surface area contributed by atoms with Gasteiger partial charge < -0.3 is 0 Å². The van der Waals surface area contributed by atoms with E-state index in [2.05, 4.69) is 19.9 Å². The summed E-state index contributed by atoms with van der Waals surface area (Å²) >= 11 is 5.92. The Kier molecular flexibility index (Phi) is 4.83. The van der Waals surface area contributed by atoms with Gasteiger partial charge in [-0.1, -0.05) is 36.2 Å². The molecule has 1 aromatic rings. The van der Waals surface area contributed by atoms with Crippen LogP contribution in [0.25, 0.3) is 0 Å². The zero-order valence-corrected chi connectivity index (χ0v) is 9.94. The van der Waals surface area contributed by atoms with E-state index in [4.69, 9.17) is 11.6 Å². The lowest BCUT2D eigenvalue weighted by atomic mass is 10.1. The van der Waals surface area contributed by atoms with Gasteiger partial charge in [0.05, 0.1) is 0 Å². The smallest absolute Gasteiger partial charge is 0.127 e. The summed E-state index contributed by atoms with van der Waals surface area (Å²) in [4.78, 5) is 0. The monoisotopic (exact) mass is 226 g/mol. The summed E-state index contributed by atoms with van der Waals surface area (Å²) in [6.45, 7) is 4.20. The Morgan fingerprint density at radius 3 is 2.80 bits per heavy atom. The van der Waals surface area contributed by atoms with E-state index in [0.717, 1.165) is 12.8 Å². The highest BCUT2D eigenvalue weighted by Gasteiger charge is 2.04. The summed E-state index contributed by atoms with van der Waals surface area (Å²) in [5.41, 5.74) is 1.96. The minimum absolute atomic E-state index is 0.204. The lowest BCUT2D eigenvalue weighted by Crippen LogP contribution is -1.91. The molecule has 0 N–H and O–H groups in total. The van der Waals surface area contributed by atoms with Gasteiger partial charge in [0.2, 0.25) is 0 Å². The van der Waals surface area contributed by atoms with Gasteiger partial charge in [-0.05, 0) is 38.3 Å². The number of hydrogen-bond acceptors (Lipinski definition) is 0. The first-order chi connectivity index (χ1) is 7.15. The normalized spacial score (nSPS) is 11.9. The fourth-order valence-electron chi connectivity index (χ4n) is 1.38. The van der Waals surface area contributed by atoms with Crippen LogP contribution in [0.2, 0.25) is 5.02 Å². The molecule has 0 heterocycles. The van der Waals surface area contributed by atoms with Crippen LogP contribution >= 0.6 is 11.6 Å². The Hall–Kier alpha value is -0.820. The number of allylic oxidation sites excluding steroid dienone is 2. The standard InChI is InChI=1S/C13H16ClF/c1-3-10(2)6-4-7-11-12(14)8-5-9-13(11)15/h5-6,8-9H,3-4,7H2,1-2H3/b10-6+. The highest BCUT2D eigenvalue weighted by Crippen LogP contribution is 2.20. The molecular weight excluding hydrogens is 211 g/mol. The molecule has 0 aromatic heterocycles. The predicted octanol–water partition coefficient (Wildman–Crippen LogP) is 4.77. The SMILES string of the molecule is CC/C(C)=C/CCc1c(F)cccc1Cl. The number of rotatable bonds is 4. The quantitative estimate of drug-likeness (QED) is 0.649. The van der Waals surface area contributed by atoms with E-state index < -0.39 is 0 Å². The molecule has 82 valence electrons. The molecule has 0 unspecified atom stereocenters. The van der Waals surface area contributed by atoms with Gasteiger partial charge in [-0.15, -0.1) is 0 Å². The lowest BCUT2D eigenvalue weighted by Gasteiger charge is -2.04. The van der Waals surface area contributed by atoms with Crippen LogP contribution in [0, 0.1) is 5.82 Å². The van der Waals surface area contributed by atoms with E-state index >= 15 is 0 Å². The van der Waals surface area contributed by atoms with Crippen molar-refractivity contribution in [2.45, 2.75) is 33.1 Å². The summed E-state index contributed by atoms with van der Waals surface area (Å²) in [6, 6.07) is 4.82. The molecule has 0 saturated heterocycles. The maximum absolute atomic E-state index is 13.4. The molecule has 0 bridgehead atoms. The van der Waals surface area contributed by atoms with E-state index in [-0.39, 0.29) is 5.82 Å². The van der Waals surface area contributed by atoms with Gasteiger partial charge in [-0.2, -0.15) is 0 Å². The van der Waals surface area contributed by atoms with Crippen LogP contribution in [0.15, 0.2) is 29.8 Å². The summed E-state index contributed by atoms with van der Waals surface area (Å²) in [7, 11) is 0. The van der Waals surface area contributed by atoms with Gasteiger partial charge >= 0.3 is 0 Å². The van der Waals surface area contributed by atoms with E-state index in [1.165, 1.54) is 11.6 Å². The second-order valence-electron chi connectivity index (χ2n) is 3.64. The Morgan fingerprint density at radius 1 is 1.47 bits per heavy atom. The summed E-state index contributed by atoms with van der Waals surface area (Å²) in [5.74, 6) is -0.204. The number of hydrogen-bond donors (Lipinski definition) is 0. The van der Waals surface area contributed by atoms with Crippen molar-refractivity contribution >= 4 is 11.6 Å². The van der Waals surface area contributed by atoms with Crippen LogP contribution in [0.1, 0.15) is 32.3 Å². The molecule has 0 saturated carbocycles. The molecule has 0 atom stereocenters. The van der Waals surface area contributed by atoms with Gasteiger partial charge in [0.15, 0.2) is 0 Å². The van der Waals surface area contributed by atoms with E-state index in [1.54, 1.807) is 12.1 Å². The first kappa shape index (κ1) is 12.3.